The van der Waals surface area contributed by atoms with Crippen LogP contribution in [-0.4, -0.2) is 5.08 Å². The van der Waals surface area contributed by atoms with E-state index >= 15 is 0 Å². The van der Waals surface area contributed by atoms with Crippen molar-refractivity contribution in [1.29, 1.82) is 0 Å². The zero-order valence-electron chi connectivity index (χ0n) is 5.09. The fourth-order valence-corrected chi connectivity index (χ4v) is 2.91. The van der Waals surface area contributed by atoms with Gasteiger partial charge in [0.05, 0.1) is 0 Å². The molecule has 0 fully saturated rings. The molecule has 0 amide bonds. The Morgan fingerprint density at radius 1 is 1.11 bits per heavy atom. The summed E-state index contributed by atoms with van der Waals surface area (Å²) in [5, 5.41) is 1.11. The predicted molar refractivity (Wildman–Crippen MR) is 47.5 cm³/mol. The van der Waals surface area contributed by atoms with Gasteiger partial charge in [-0.2, -0.15) is 0 Å². The van der Waals surface area contributed by atoms with Crippen molar-refractivity contribution in [3.63, 3.8) is 0 Å². The fraction of sp³-hybridized carbons (Fsp3) is 0.143. The topological polar surface area (TPSA) is 0 Å². The van der Waals surface area contributed by atoms with Crippen LogP contribution in [0.5, 0.6) is 0 Å². The number of thioether (sulfide) groups is 2. The Morgan fingerprint density at radius 3 is 1.89 bits per heavy atom. The second-order valence-corrected chi connectivity index (χ2v) is 3.94. The van der Waals surface area contributed by atoms with Crippen LogP contribution >= 0.6 is 23.5 Å². The van der Waals surface area contributed by atoms with Gasteiger partial charge in [-0.25, -0.2) is 0 Å². The van der Waals surface area contributed by atoms with Gasteiger partial charge in [-0.15, -0.1) is 23.5 Å². The molecule has 0 atom stereocenters. The van der Waals surface area contributed by atoms with Crippen LogP contribution in [-0.2, 0) is 0 Å². The number of allylic oxidation sites excluding steroid dienone is 2. The molecule has 0 unspecified atom stereocenters. The Kier molecular flexibility index (Phi) is 2.49. The highest BCUT2D eigenvalue weighted by Crippen LogP contribution is 2.39. The van der Waals surface area contributed by atoms with Crippen LogP contribution in [0.3, 0.4) is 0 Å². The summed E-state index contributed by atoms with van der Waals surface area (Å²) in [6.45, 7) is 7.40. The zero-order chi connectivity index (χ0) is 6.69. The summed E-state index contributed by atoms with van der Waals surface area (Å²) in [7, 11) is 0. The highest BCUT2D eigenvalue weighted by molar-refractivity contribution is 8.22. The molecular weight excluding hydrogens is 148 g/mol. The molecule has 0 N–H and O–H groups in total. The molecule has 1 aliphatic rings. The lowest BCUT2D eigenvalue weighted by Crippen LogP contribution is -1.64. The second kappa shape index (κ2) is 3.18. The molecule has 0 saturated carbocycles. The van der Waals surface area contributed by atoms with Crippen LogP contribution in [0, 0.1) is 0 Å². The minimum Gasteiger partial charge on any atom is -0.114 e. The number of rotatable bonds is 2. The third-order valence-electron chi connectivity index (χ3n) is 1.04. The lowest BCUT2D eigenvalue weighted by atomic mass is 10.5. The molecule has 48 valence electrons. The normalized spacial score (nSPS) is 18.2. The average Bonchev–Trinajstić information content (AvgIpc) is 2.33. The lowest BCUT2D eigenvalue weighted by Gasteiger charge is -1.89. The molecule has 9 heavy (non-hydrogen) atoms. The summed E-state index contributed by atoms with van der Waals surface area (Å²) in [5.41, 5.74) is 0. The minimum absolute atomic E-state index is 1.11. The monoisotopic (exact) mass is 156 g/mol. The maximum absolute atomic E-state index is 3.70. The molecule has 1 rings (SSSR count). The molecule has 1 aliphatic heterocycles. The molecule has 0 aromatic rings. The molecule has 0 radical (unpaired) electrons. The van der Waals surface area contributed by atoms with Crippen LogP contribution in [0.25, 0.3) is 0 Å². The first-order valence-electron chi connectivity index (χ1n) is 2.63. The third-order valence-corrected chi connectivity index (χ3v) is 3.51. The van der Waals surface area contributed by atoms with E-state index in [4.69, 9.17) is 0 Å². The number of hydrogen-bond donors (Lipinski definition) is 0. The van der Waals surface area contributed by atoms with Gasteiger partial charge in [0.2, 0.25) is 0 Å². The van der Waals surface area contributed by atoms with Crippen LogP contribution < -0.4 is 0 Å². The summed E-state index contributed by atoms with van der Waals surface area (Å²) >= 11 is 3.66. The first kappa shape index (κ1) is 7.03. The Bertz CT molecular complexity index is 150. The summed E-state index contributed by atoms with van der Waals surface area (Å²) in [4.78, 5) is 2.55. The van der Waals surface area contributed by atoms with Crippen LogP contribution in [0.4, 0.5) is 0 Å². The average molecular weight is 156 g/mol. The van der Waals surface area contributed by atoms with E-state index in [2.05, 4.69) is 13.2 Å². The lowest BCUT2D eigenvalue weighted by molar-refractivity contribution is 1.88. The first-order valence-corrected chi connectivity index (χ1v) is 4.60. The Morgan fingerprint density at radius 2 is 1.56 bits per heavy atom. The molecule has 0 aromatic carbocycles. The molecular formula is C7H8S2. The largest absolute Gasteiger partial charge is 0.114 e. The van der Waals surface area contributed by atoms with Crippen molar-refractivity contribution in [2.45, 2.75) is 0 Å². The summed E-state index contributed by atoms with van der Waals surface area (Å²) in [6.07, 6.45) is 3.78. The van der Waals surface area contributed by atoms with Gasteiger partial charge < -0.3 is 0 Å². The van der Waals surface area contributed by atoms with Gasteiger partial charge in [0.15, 0.2) is 0 Å². The van der Waals surface area contributed by atoms with E-state index < -0.39 is 0 Å². The number of hydrogen-bond acceptors (Lipinski definition) is 2. The summed E-state index contributed by atoms with van der Waals surface area (Å²) < 4.78 is 0. The molecule has 0 nitrogen and oxygen atoms in total. The second-order valence-electron chi connectivity index (χ2n) is 1.54. The van der Waals surface area contributed by atoms with Crippen molar-refractivity contribution >= 4 is 23.5 Å². The fourth-order valence-electron chi connectivity index (χ4n) is 0.618. The Balaban J connectivity index is 2.81. The van der Waals surface area contributed by atoms with Crippen molar-refractivity contribution in [2.75, 3.05) is 5.08 Å². The molecule has 0 spiro atoms. The van der Waals surface area contributed by atoms with Crippen LogP contribution in [0.2, 0.25) is 0 Å². The van der Waals surface area contributed by atoms with Crippen molar-refractivity contribution in [2.24, 2.45) is 0 Å². The molecule has 2 heteroatoms. The van der Waals surface area contributed by atoms with E-state index in [-0.39, 0.29) is 0 Å². The minimum atomic E-state index is 1.11. The standard InChI is InChI=1S/C7H8S2/c1-3-6-7(4-2)9-5-8-6/h3-4H,1-2,5H2. The molecule has 0 saturated heterocycles. The molecule has 0 aromatic heterocycles. The summed E-state index contributed by atoms with van der Waals surface area (Å²) in [5.74, 6) is 0. The van der Waals surface area contributed by atoms with E-state index in [0.717, 1.165) is 5.08 Å². The highest BCUT2D eigenvalue weighted by atomic mass is 32.2. The quantitative estimate of drug-likeness (QED) is 0.602. The van der Waals surface area contributed by atoms with Crippen molar-refractivity contribution < 1.29 is 0 Å². The zero-order valence-corrected chi connectivity index (χ0v) is 6.73. The van der Waals surface area contributed by atoms with E-state index in [1.165, 1.54) is 9.81 Å². The van der Waals surface area contributed by atoms with Crippen LogP contribution in [0.1, 0.15) is 0 Å². The third kappa shape index (κ3) is 1.43. The Labute approximate surface area is 64.1 Å². The highest BCUT2D eigenvalue weighted by Gasteiger charge is 2.08. The van der Waals surface area contributed by atoms with Crippen molar-refractivity contribution in [3.05, 3.63) is 35.1 Å². The van der Waals surface area contributed by atoms with Gasteiger partial charge in [0.1, 0.15) is 0 Å². The predicted octanol–water partition coefficient (Wildman–Crippen LogP) is 3.01. The van der Waals surface area contributed by atoms with E-state index in [0.29, 0.717) is 0 Å². The van der Waals surface area contributed by atoms with Gasteiger partial charge in [-0.1, -0.05) is 25.3 Å². The van der Waals surface area contributed by atoms with Gasteiger partial charge >= 0.3 is 0 Å². The van der Waals surface area contributed by atoms with Crippen molar-refractivity contribution in [3.8, 4) is 0 Å². The smallest absolute Gasteiger partial charge is 0.0487 e. The van der Waals surface area contributed by atoms with Gasteiger partial charge in [0, 0.05) is 14.9 Å². The first-order chi connectivity index (χ1) is 4.38. The van der Waals surface area contributed by atoms with Crippen LogP contribution in [0.15, 0.2) is 35.1 Å². The Hall–Kier alpha value is -0.0800. The van der Waals surface area contributed by atoms with E-state index in [1.54, 1.807) is 0 Å². The van der Waals surface area contributed by atoms with Crippen molar-refractivity contribution in [1.82, 2.24) is 0 Å². The van der Waals surface area contributed by atoms with Gasteiger partial charge in [-0.3, -0.25) is 0 Å². The SMILES string of the molecule is C=CC1=C(C=C)SCS1. The maximum Gasteiger partial charge on any atom is 0.0487 e. The summed E-state index contributed by atoms with van der Waals surface area (Å²) in [6, 6.07) is 0. The van der Waals surface area contributed by atoms with E-state index in [1.807, 2.05) is 35.7 Å². The molecule has 0 aliphatic carbocycles. The van der Waals surface area contributed by atoms with Gasteiger partial charge in [0.25, 0.3) is 0 Å². The van der Waals surface area contributed by atoms with Gasteiger partial charge in [-0.05, 0) is 0 Å². The van der Waals surface area contributed by atoms with E-state index in [9.17, 15) is 0 Å². The maximum atomic E-state index is 3.70. The molecule has 1 heterocycles. The molecule has 0 bridgehead atoms.